The number of carboxylic acids is 1. The number of guanidine groups is 1. The van der Waals surface area contributed by atoms with E-state index < -0.39 is 24.2 Å². The molecule has 17 heteroatoms. The van der Waals surface area contributed by atoms with Gasteiger partial charge in [0.25, 0.3) is 0 Å². The average Bonchev–Trinajstić information content (AvgIpc) is 2.90. The standard InChI is InChI=1S/C23H29Cl2N7O3.C2HF3O2/c24-17-8-7-16(10-18(17)25)11-20(33)32-19(2-1-9-29-22(26)27)21(34)30-12-14-3-5-15(6-4-14)13-31-23(28)35;3-2(4,5)1(6)7/h3-8,10,19H,1-2,9,11-13H2,(H,30,34)(H,32,33)(H4,26,27,29)(H3,28,31,35);(H,6,7)/t19-;/m1./s1. The molecule has 0 bridgehead atoms. The molecule has 0 fully saturated rings. The normalized spacial score (nSPS) is 11.3. The molecule has 2 rings (SSSR count). The second-order valence-corrected chi connectivity index (χ2v) is 9.36. The molecule has 0 spiro atoms. The van der Waals surface area contributed by atoms with Crippen LogP contribution in [0, 0.1) is 0 Å². The molecule has 1 atom stereocenters. The van der Waals surface area contributed by atoms with E-state index in [1.807, 2.05) is 24.3 Å². The third-order valence-corrected chi connectivity index (χ3v) is 5.88. The molecule has 2 aromatic carbocycles. The highest BCUT2D eigenvalue weighted by atomic mass is 35.5. The third-order valence-electron chi connectivity index (χ3n) is 5.14. The molecule has 0 radical (unpaired) electrons. The van der Waals surface area contributed by atoms with Gasteiger partial charge in [-0.15, -0.1) is 0 Å². The molecule has 12 nitrogen and oxygen atoms in total. The molecule has 0 aliphatic rings. The number of carbonyl (C=O) groups excluding carboxylic acids is 3. The zero-order chi connectivity index (χ0) is 31.9. The Labute approximate surface area is 248 Å². The van der Waals surface area contributed by atoms with E-state index in [4.69, 9.17) is 50.3 Å². The second-order valence-electron chi connectivity index (χ2n) is 8.55. The number of carboxylic acid groups (broad SMARTS) is 1. The van der Waals surface area contributed by atoms with Crippen LogP contribution in [0.4, 0.5) is 18.0 Å². The van der Waals surface area contributed by atoms with Crippen molar-refractivity contribution >= 4 is 53.0 Å². The summed E-state index contributed by atoms with van der Waals surface area (Å²) in [6.45, 7) is 0.899. The van der Waals surface area contributed by atoms with Gasteiger partial charge in [0.05, 0.1) is 16.5 Å². The van der Waals surface area contributed by atoms with E-state index in [0.29, 0.717) is 41.5 Å². The molecule has 2 aromatic rings. The first kappa shape index (κ1) is 35.8. The lowest BCUT2D eigenvalue weighted by Crippen LogP contribution is -2.47. The number of nitrogens with one attached hydrogen (secondary N) is 3. The number of halogens is 5. The van der Waals surface area contributed by atoms with Crippen molar-refractivity contribution in [3.63, 3.8) is 0 Å². The van der Waals surface area contributed by atoms with Crippen LogP contribution in [0.3, 0.4) is 0 Å². The van der Waals surface area contributed by atoms with Gasteiger partial charge in [0.1, 0.15) is 6.04 Å². The molecule has 10 N–H and O–H groups in total. The fraction of sp³-hybridized carbons (Fsp3) is 0.320. The summed E-state index contributed by atoms with van der Waals surface area (Å²) in [5, 5.41) is 16.0. The lowest BCUT2D eigenvalue weighted by atomic mass is 10.1. The van der Waals surface area contributed by atoms with Crippen molar-refractivity contribution in [1.29, 1.82) is 0 Å². The molecule has 4 amide bonds. The van der Waals surface area contributed by atoms with Gasteiger partial charge in [-0.3, -0.25) is 14.6 Å². The maximum Gasteiger partial charge on any atom is 0.490 e. The SMILES string of the molecule is NC(=O)NCc1ccc(CNC(=O)[C@@H](CCCN=C(N)N)NC(=O)Cc2ccc(Cl)c(Cl)c2)cc1.O=C(O)C(F)(F)F. The van der Waals surface area contributed by atoms with Crippen LogP contribution in [0.5, 0.6) is 0 Å². The number of carbonyl (C=O) groups is 4. The molecule has 0 unspecified atom stereocenters. The van der Waals surface area contributed by atoms with Gasteiger partial charge >= 0.3 is 18.2 Å². The maximum absolute atomic E-state index is 12.9. The van der Waals surface area contributed by atoms with Crippen LogP contribution >= 0.6 is 23.2 Å². The highest BCUT2D eigenvalue weighted by molar-refractivity contribution is 6.42. The molecule has 0 aliphatic heterocycles. The summed E-state index contributed by atoms with van der Waals surface area (Å²) in [4.78, 5) is 49.1. The van der Waals surface area contributed by atoms with Crippen LogP contribution in [0.25, 0.3) is 0 Å². The topological polar surface area (TPSA) is 215 Å². The first-order chi connectivity index (χ1) is 19.6. The number of primary amides is 1. The Bertz CT molecular complexity index is 1260. The van der Waals surface area contributed by atoms with Crippen molar-refractivity contribution in [2.45, 2.75) is 44.6 Å². The molecule has 0 aromatic heterocycles. The maximum atomic E-state index is 12.9. The van der Waals surface area contributed by atoms with E-state index >= 15 is 0 Å². The summed E-state index contributed by atoms with van der Waals surface area (Å²) in [5.41, 5.74) is 18.1. The Kier molecular flexibility index (Phi) is 15.0. The number of hydrogen-bond acceptors (Lipinski definition) is 5. The number of urea groups is 1. The minimum atomic E-state index is -5.08. The molecule has 0 saturated heterocycles. The Hall–Kier alpha value is -4.24. The predicted octanol–water partition coefficient (Wildman–Crippen LogP) is 2.19. The molecule has 42 heavy (non-hydrogen) atoms. The number of nitrogens with zero attached hydrogens (tertiary/aromatic N) is 1. The zero-order valence-electron chi connectivity index (χ0n) is 22.0. The van der Waals surface area contributed by atoms with Crippen molar-refractivity contribution in [1.82, 2.24) is 16.0 Å². The number of benzene rings is 2. The molecule has 0 saturated carbocycles. The second kappa shape index (κ2) is 17.5. The molecule has 230 valence electrons. The quantitative estimate of drug-likeness (QED) is 0.105. The Morgan fingerprint density at radius 2 is 1.40 bits per heavy atom. The highest BCUT2D eigenvalue weighted by Gasteiger charge is 2.38. The zero-order valence-corrected chi connectivity index (χ0v) is 23.5. The van der Waals surface area contributed by atoms with E-state index in [0.717, 1.165) is 11.1 Å². The average molecular weight is 636 g/mol. The Balaban J connectivity index is 0.00000112. The van der Waals surface area contributed by atoms with Gasteiger partial charge in [0.15, 0.2) is 5.96 Å². The molecule has 0 heterocycles. The van der Waals surface area contributed by atoms with Crippen LogP contribution in [0.1, 0.15) is 29.5 Å². The van der Waals surface area contributed by atoms with Crippen molar-refractivity contribution < 1.29 is 37.5 Å². The van der Waals surface area contributed by atoms with Gasteiger partial charge in [-0.1, -0.05) is 53.5 Å². The number of amides is 4. The van der Waals surface area contributed by atoms with Crippen LogP contribution in [0.15, 0.2) is 47.5 Å². The van der Waals surface area contributed by atoms with Gasteiger partial charge in [0, 0.05) is 19.6 Å². The lowest BCUT2D eigenvalue weighted by Gasteiger charge is -2.18. The molecular weight excluding hydrogens is 606 g/mol. The van der Waals surface area contributed by atoms with Gasteiger partial charge in [0.2, 0.25) is 11.8 Å². The summed E-state index contributed by atoms with van der Waals surface area (Å²) < 4.78 is 31.7. The minimum absolute atomic E-state index is 0.0371. The summed E-state index contributed by atoms with van der Waals surface area (Å²) in [7, 11) is 0. The largest absolute Gasteiger partial charge is 0.490 e. The van der Waals surface area contributed by atoms with E-state index in [2.05, 4.69) is 20.9 Å². The van der Waals surface area contributed by atoms with Crippen LogP contribution in [-0.2, 0) is 33.9 Å². The van der Waals surface area contributed by atoms with Gasteiger partial charge < -0.3 is 38.3 Å². The van der Waals surface area contributed by atoms with Gasteiger partial charge in [-0.25, -0.2) is 9.59 Å². The molecular formula is C25H30Cl2F3N7O5. The van der Waals surface area contributed by atoms with E-state index in [-0.39, 0.29) is 30.7 Å². The van der Waals surface area contributed by atoms with Gasteiger partial charge in [-0.2, -0.15) is 13.2 Å². The number of aliphatic imine (C=N–C) groups is 1. The monoisotopic (exact) mass is 635 g/mol. The number of aliphatic carboxylic acids is 1. The fourth-order valence-electron chi connectivity index (χ4n) is 3.13. The van der Waals surface area contributed by atoms with E-state index in [1.54, 1.807) is 18.2 Å². The summed E-state index contributed by atoms with van der Waals surface area (Å²) >= 11 is 11.9. The van der Waals surface area contributed by atoms with Crippen molar-refractivity contribution in [3.05, 3.63) is 69.2 Å². The first-order valence-corrected chi connectivity index (χ1v) is 12.8. The fourth-order valence-corrected chi connectivity index (χ4v) is 3.45. The Morgan fingerprint density at radius 1 is 0.881 bits per heavy atom. The number of nitrogens with two attached hydrogens (primary N) is 3. The van der Waals surface area contributed by atoms with Gasteiger partial charge in [-0.05, 0) is 41.7 Å². The summed E-state index contributed by atoms with van der Waals surface area (Å²) in [6, 6.07) is 10.8. The van der Waals surface area contributed by atoms with Crippen molar-refractivity contribution in [2.24, 2.45) is 22.2 Å². The predicted molar refractivity (Wildman–Crippen MR) is 150 cm³/mol. The number of rotatable bonds is 12. The smallest absolute Gasteiger partial charge is 0.475 e. The number of alkyl halides is 3. The van der Waals surface area contributed by atoms with E-state index in [9.17, 15) is 27.6 Å². The summed E-state index contributed by atoms with van der Waals surface area (Å²) in [5.74, 6) is -3.47. The highest BCUT2D eigenvalue weighted by Crippen LogP contribution is 2.22. The van der Waals surface area contributed by atoms with E-state index in [1.165, 1.54) is 0 Å². The minimum Gasteiger partial charge on any atom is -0.475 e. The number of hydrogen-bond donors (Lipinski definition) is 7. The first-order valence-electron chi connectivity index (χ1n) is 12.1. The van der Waals surface area contributed by atoms with Crippen LogP contribution in [-0.4, -0.2) is 53.6 Å². The van der Waals surface area contributed by atoms with Crippen molar-refractivity contribution in [2.75, 3.05) is 6.54 Å². The lowest BCUT2D eigenvalue weighted by molar-refractivity contribution is -0.192. The van der Waals surface area contributed by atoms with Crippen LogP contribution in [0.2, 0.25) is 10.0 Å². The Morgan fingerprint density at radius 3 is 1.88 bits per heavy atom. The van der Waals surface area contributed by atoms with Crippen LogP contribution < -0.4 is 33.2 Å². The summed E-state index contributed by atoms with van der Waals surface area (Å²) in [6.07, 6.45) is -4.21. The molecule has 0 aliphatic carbocycles. The third kappa shape index (κ3) is 14.9. The van der Waals surface area contributed by atoms with Crippen molar-refractivity contribution in [3.8, 4) is 0 Å².